The van der Waals surface area contributed by atoms with Gasteiger partial charge >= 0.3 is 0 Å². The van der Waals surface area contributed by atoms with Crippen molar-refractivity contribution in [1.82, 2.24) is 19.5 Å². The highest BCUT2D eigenvalue weighted by atomic mass is 16.5. The van der Waals surface area contributed by atoms with Crippen molar-refractivity contribution >= 4 is 11.6 Å². The predicted molar refractivity (Wildman–Crippen MR) is 64.3 cm³/mol. The molecule has 0 saturated carbocycles. The molecule has 18 heavy (non-hydrogen) atoms. The van der Waals surface area contributed by atoms with Crippen molar-refractivity contribution in [2.24, 2.45) is 0 Å². The van der Waals surface area contributed by atoms with Gasteiger partial charge in [-0.1, -0.05) is 6.07 Å². The van der Waals surface area contributed by atoms with Crippen LogP contribution in [0.3, 0.4) is 0 Å². The first-order valence-electron chi connectivity index (χ1n) is 5.95. The van der Waals surface area contributed by atoms with E-state index in [-0.39, 0.29) is 12.0 Å². The molecule has 1 fully saturated rings. The van der Waals surface area contributed by atoms with Crippen molar-refractivity contribution in [3.63, 3.8) is 0 Å². The smallest absolute Gasteiger partial charge is 0.271 e. The van der Waals surface area contributed by atoms with Gasteiger partial charge in [0.25, 0.3) is 5.91 Å². The number of carbonyl (C=O) groups is 1. The van der Waals surface area contributed by atoms with E-state index in [1.165, 1.54) is 0 Å². The summed E-state index contributed by atoms with van der Waals surface area (Å²) in [5, 5.41) is 7.76. The molecule has 2 aromatic rings. The van der Waals surface area contributed by atoms with Crippen molar-refractivity contribution in [3.8, 4) is 0 Å². The van der Waals surface area contributed by atoms with E-state index in [1.807, 2.05) is 24.0 Å². The number of hydrogen-bond acceptors (Lipinski definition) is 4. The summed E-state index contributed by atoms with van der Waals surface area (Å²) in [5.74, 6) is -0.00412. The van der Waals surface area contributed by atoms with Crippen molar-refractivity contribution in [2.45, 2.75) is 13.0 Å². The van der Waals surface area contributed by atoms with E-state index in [9.17, 15) is 4.79 Å². The summed E-state index contributed by atoms with van der Waals surface area (Å²) >= 11 is 0. The normalized spacial score (nSPS) is 20.3. The van der Waals surface area contributed by atoms with Crippen LogP contribution >= 0.6 is 0 Å². The Morgan fingerprint density at radius 3 is 3.22 bits per heavy atom. The zero-order valence-corrected chi connectivity index (χ0v) is 10.1. The van der Waals surface area contributed by atoms with Crippen LogP contribution in [0.1, 0.15) is 17.4 Å². The molecular formula is C12H14N4O2. The third kappa shape index (κ3) is 1.84. The van der Waals surface area contributed by atoms with Crippen LogP contribution in [0.4, 0.5) is 0 Å². The van der Waals surface area contributed by atoms with Crippen LogP contribution in [0.2, 0.25) is 0 Å². The maximum atomic E-state index is 12.5. The number of aromatic nitrogens is 3. The quantitative estimate of drug-likeness (QED) is 0.739. The maximum Gasteiger partial charge on any atom is 0.271 e. The fourth-order valence-electron chi connectivity index (χ4n) is 2.19. The Labute approximate surface area is 104 Å². The summed E-state index contributed by atoms with van der Waals surface area (Å²) in [6.45, 7) is 3.81. The maximum absolute atomic E-state index is 12.5. The summed E-state index contributed by atoms with van der Waals surface area (Å²) in [6.07, 6.45) is 1.65. The Balaban J connectivity index is 1.94. The lowest BCUT2D eigenvalue weighted by Gasteiger charge is -2.31. The minimum absolute atomic E-state index is 0.00412. The topological polar surface area (TPSA) is 59.7 Å². The van der Waals surface area contributed by atoms with Gasteiger partial charge in [-0.25, -0.2) is 0 Å². The van der Waals surface area contributed by atoms with E-state index >= 15 is 0 Å². The van der Waals surface area contributed by atoms with Crippen LogP contribution in [-0.2, 0) is 4.74 Å². The van der Waals surface area contributed by atoms with Crippen molar-refractivity contribution in [2.75, 3.05) is 19.7 Å². The molecule has 94 valence electrons. The molecule has 0 aromatic carbocycles. The molecule has 1 saturated heterocycles. The highest BCUT2D eigenvalue weighted by Gasteiger charge is 2.23. The largest absolute Gasteiger partial charge is 0.375 e. The number of rotatable bonds is 1. The number of amides is 1. The summed E-state index contributed by atoms with van der Waals surface area (Å²) in [6, 6.07) is 5.44. The fraction of sp³-hybridized carbons (Fsp3) is 0.417. The molecule has 6 heteroatoms. The van der Waals surface area contributed by atoms with Crippen molar-refractivity contribution in [1.29, 1.82) is 0 Å². The van der Waals surface area contributed by atoms with Gasteiger partial charge < -0.3 is 9.64 Å². The molecule has 2 aromatic heterocycles. The molecule has 0 unspecified atom stereocenters. The molecule has 0 bridgehead atoms. The molecular weight excluding hydrogens is 232 g/mol. The van der Waals surface area contributed by atoms with Gasteiger partial charge in [-0.15, -0.1) is 10.2 Å². The van der Waals surface area contributed by atoms with E-state index < -0.39 is 0 Å². The third-order valence-electron chi connectivity index (χ3n) is 3.08. The van der Waals surface area contributed by atoms with Gasteiger partial charge in [-0.05, 0) is 19.1 Å². The van der Waals surface area contributed by atoms with E-state index in [0.717, 1.165) is 0 Å². The van der Waals surface area contributed by atoms with Gasteiger partial charge in [0.05, 0.1) is 12.7 Å². The lowest BCUT2D eigenvalue weighted by Crippen LogP contribution is -2.45. The lowest BCUT2D eigenvalue weighted by atomic mass is 10.2. The monoisotopic (exact) mass is 246 g/mol. The van der Waals surface area contributed by atoms with Crippen LogP contribution in [0.15, 0.2) is 24.5 Å². The number of morpholine rings is 1. The number of nitrogens with zero attached hydrogens (tertiary/aromatic N) is 4. The fourth-order valence-corrected chi connectivity index (χ4v) is 2.19. The number of fused-ring (bicyclic) bond motifs is 1. The number of carbonyl (C=O) groups excluding carboxylic acids is 1. The first-order valence-corrected chi connectivity index (χ1v) is 5.95. The predicted octanol–water partition coefficient (Wildman–Crippen LogP) is 0.590. The average molecular weight is 246 g/mol. The van der Waals surface area contributed by atoms with Crippen LogP contribution in [0.25, 0.3) is 5.65 Å². The number of ether oxygens (including phenoxy) is 1. The molecule has 1 atom stereocenters. The third-order valence-corrected chi connectivity index (χ3v) is 3.08. The molecule has 3 rings (SSSR count). The molecule has 0 N–H and O–H groups in total. The molecule has 1 aliphatic heterocycles. The Kier molecular flexibility index (Phi) is 2.71. The Bertz CT molecular complexity index is 580. The second kappa shape index (κ2) is 4.38. The average Bonchev–Trinajstić information content (AvgIpc) is 2.86. The minimum Gasteiger partial charge on any atom is -0.375 e. The zero-order chi connectivity index (χ0) is 12.5. The molecule has 0 aliphatic carbocycles. The summed E-state index contributed by atoms with van der Waals surface area (Å²) in [5.41, 5.74) is 1.27. The molecule has 0 spiro atoms. The number of pyridine rings is 1. The van der Waals surface area contributed by atoms with Crippen LogP contribution in [0, 0.1) is 0 Å². The highest BCUT2D eigenvalue weighted by molar-refractivity contribution is 5.93. The first kappa shape index (κ1) is 11.2. The molecule has 6 nitrogen and oxygen atoms in total. The second-order valence-corrected chi connectivity index (χ2v) is 4.40. The van der Waals surface area contributed by atoms with Crippen LogP contribution in [-0.4, -0.2) is 51.2 Å². The van der Waals surface area contributed by atoms with Crippen LogP contribution in [0.5, 0.6) is 0 Å². The zero-order valence-electron chi connectivity index (χ0n) is 10.1. The van der Waals surface area contributed by atoms with Crippen molar-refractivity contribution < 1.29 is 9.53 Å². The molecule has 0 radical (unpaired) electrons. The number of hydrogen-bond donors (Lipinski definition) is 0. The van der Waals surface area contributed by atoms with Gasteiger partial charge in [-0.2, -0.15) is 0 Å². The van der Waals surface area contributed by atoms with Gasteiger partial charge in [0.15, 0.2) is 5.65 Å². The van der Waals surface area contributed by atoms with E-state index in [0.29, 0.717) is 31.0 Å². The SMILES string of the molecule is C[C@H]1CN(C(=O)c2cccc3nncn23)CCO1. The minimum atomic E-state index is -0.00412. The Hall–Kier alpha value is -1.95. The Morgan fingerprint density at radius 1 is 1.50 bits per heavy atom. The van der Waals surface area contributed by atoms with E-state index in [1.54, 1.807) is 16.8 Å². The van der Waals surface area contributed by atoms with Crippen molar-refractivity contribution in [3.05, 3.63) is 30.2 Å². The van der Waals surface area contributed by atoms with Gasteiger partial charge in [0.1, 0.15) is 12.0 Å². The summed E-state index contributed by atoms with van der Waals surface area (Å²) in [4.78, 5) is 14.3. The first-order chi connectivity index (χ1) is 8.75. The van der Waals surface area contributed by atoms with E-state index in [2.05, 4.69) is 10.2 Å². The van der Waals surface area contributed by atoms with Gasteiger partial charge in [0, 0.05) is 13.1 Å². The molecule has 3 heterocycles. The standard InChI is InChI=1S/C12H14N4O2/c1-9-7-15(5-6-18-9)12(17)10-3-2-4-11-14-13-8-16(10)11/h2-4,8-9H,5-7H2,1H3/t9-/m0/s1. The lowest BCUT2D eigenvalue weighted by molar-refractivity contribution is -0.0126. The second-order valence-electron chi connectivity index (χ2n) is 4.40. The molecule has 1 aliphatic rings. The summed E-state index contributed by atoms with van der Waals surface area (Å²) in [7, 11) is 0. The van der Waals surface area contributed by atoms with Crippen LogP contribution < -0.4 is 0 Å². The summed E-state index contributed by atoms with van der Waals surface area (Å²) < 4.78 is 7.15. The van der Waals surface area contributed by atoms with E-state index in [4.69, 9.17) is 4.74 Å². The van der Waals surface area contributed by atoms with Gasteiger partial charge in [-0.3, -0.25) is 9.20 Å². The highest BCUT2D eigenvalue weighted by Crippen LogP contribution is 2.11. The molecule has 1 amide bonds. The van der Waals surface area contributed by atoms with Gasteiger partial charge in [0.2, 0.25) is 0 Å². The Morgan fingerprint density at radius 2 is 2.39 bits per heavy atom.